The lowest BCUT2D eigenvalue weighted by molar-refractivity contribution is -0.122. The first kappa shape index (κ1) is 26.7. The van der Waals surface area contributed by atoms with Crippen LogP contribution in [0.15, 0.2) is 97.2 Å². The lowest BCUT2D eigenvalue weighted by Gasteiger charge is -2.38. The van der Waals surface area contributed by atoms with Gasteiger partial charge in [0.25, 0.3) is 0 Å². The fourth-order valence-corrected chi connectivity index (χ4v) is 7.23. The molecule has 1 N–H and O–H groups in total. The van der Waals surface area contributed by atoms with E-state index in [0.29, 0.717) is 33.9 Å². The largest absolute Gasteiger partial charge is 0.497 e. The van der Waals surface area contributed by atoms with Gasteiger partial charge in [0, 0.05) is 23.5 Å². The predicted octanol–water partition coefficient (Wildman–Crippen LogP) is 5.99. The summed E-state index contributed by atoms with van der Waals surface area (Å²) in [6.45, 7) is 1.95. The molecule has 1 amide bonds. The number of methoxy groups -OCH3 is 2. The maximum atomic E-state index is 14.9. The molecule has 0 radical (unpaired) electrons. The second-order valence-electron chi connectivity index (χ2n) is 11.2. The Kier molecular flexibility index (Phi) is 6.20. The number of benzene rings is 4. The molecule has 214 valence electrons. The van der Waals surface area contributed by atoms with Crippen molar-refractivity contribution in [3.05, 3.63) is 131 Å². The van der Waals surface area contributed by atoms with E-state index >= 15 is 0 Å². The molecule has 3 aliphatic rings. The fourth-order valence-electron chi connectivity index (χ4n) is 7.23. The van der Waals surface area contributed by atoms with E-state index in [9.17, 15) is 14.4 Å². The van der Waals surface area contributed by atoms with Crippen LogP contribution in [-0.4, -0.2) is 42.6 Å². The number of ketones is 2. The van der Waals surface area contributed by atoms with E-state index in [1.165, 1.54) is 7.11 Å². The van der Waals surface area contributed by atoms with Gasteiger partial charge in [0.05, 0.1) is 31.7 Å². The second kappa shape index (κ2) is 9.98. The number of hydrogen-bond acceptors (Lipinski definition) is 6. The number of rotatable bonds is 6. The average Bonchev–Trinajstić information content (AvgIpc) is 3.52. The number of amides is 1. The highest BCUT2D eigenvalue weighted by atomic mass is 16.5. The van der Waals surface area contributed by atoms with Crippen LogP contribution >= 0.6 is 0 Å². The Morgan fingerprint density at radius 3 is 2.37 bits per heavy atom. The summed E-state index contributed by atoms with van der Waals surface area (Å²) < 4.78 is 11.0. The van der Waals surface area contributed by atoms with Crippen LogP contribution in [0.3, 0.4) is 0 Å². The number of ether oxygens (including phenoxy) is 2. The normalized spacial score (nSPS) is 22.9. The molecule has 0 saturated carbocycles. The molecule has 7 nitrogen and oxygen atoms in total. The predicted molar refractivity (Wildman–Crippen MR) is 163 cm³/mol. The zero-order valence-electron chi connectivity index (χ0n) is 24.0. The van der Waals surface area contributed by atoms with Crippen LogP contribution in [0.1, 0.15) is 49.0 Å². The molecule has 4 aromatic rings. The smallest absolute Gasteiger partial charge is 0.238 e. The quantitative estimate of drug-likeness (QED) is 0.287. The van der Waals surface area contributed by atoms with Crippen LogP contribution < -0.4 is 14.8 Å². The average molecular weight is 571 g/mol. The van der Waals surface area contributed by atoms with Gasteiger partial charge in [-0.1, -0.05) is 72.3 Å². The summed E-state index contributed by atoms with van der Waals surface area (Å²) in [5, 5.41) is 3.08. The lowest BCUT2D eigenvalue weighted by Crippen LogP contribution is -2.49. The summed E-state index contributed by atoms with van der Waals surface area (Å²) in [6, 6.07) is 26.1. The van der Waals surface area contributed by atoms with Crippen molar-refractivity contribution in [3.63, 3.8) is 0 Å². The lowest BCUT2D eigenvalue weighted by atomic mass is 9.62. The SMILES string of the molecule is COc1ccc(C(=O)[C@@H]2[C@@H](C(=O)c3ccc(C)cc3)[C@@]3(C(=O)Nc4ccccc43)[C@H]3c4ccccc4C=CN23)c(OC)c1. The molecule has 43 heavy (non-hydrogen) atoms. The molecule has 0 bridgehead atoms. The molecule has 1 spiro atoms. The Labute approximate surface area is 249 Å². The van der Waals surface area contributed by atoms with Gasteiger partial charge in [0.2, 0.25) is 5.91 Å². The Balaban J connectivity index is 1.53. The van der Waals surface area contributed by atoms with Crippen LogP contribution in [0, 0.1) is 12.8 Å². The number of fused-ring (bicyclic) bond motifs is 6. The van der Waals surface area contributed by atoms with Crippen molar-refractivity contribution in [1.82, 2.24) is 4.90 Å². The molecule has 4 atom stereocenters. The molecule has 4 aromatic carbocycles. The van der Waals surface area contributed by atoms with Gasteiger partial charge in [-0.15, -0.1) is 0 Å². The van der Waals surface area contributed by atoms with Crippen LogP contribution in [0.25, 0.3) is 6.08 Å². The third kappa shape index (κ3) is 3.77. The number of Topliss-reactive ketones (excluding diaryl/α,β-unsaturated/α-hetero) is 2. The Morgan fingerprint density at radius 2 is 1.60 bits per heavy atom. The summed E-state index contributed by atoms with van der Waals surface area (Å²) in [5.74, 6) is -1.06. The van der Waals surface area contributed by atoms with E-state index in [1.54, 1.807) is 37.4 Å². The number of para-hydroxylation sites is 1. The van der Waals surface area contributed by atoms with Gasteiger partial charge in [0.15, 0.2) is 11.6 Å². The molecule has 7 rings (SSSR count). The summed E-state index contributed by atoms with van der Waals surface area (Å²) in [5.41, 5.74) is 3.56. The van der Waals surface area contributed by atoms with Crippen LogP contribution in [0.5, 0.6) is 11.5 Å². The van der Waals surface area contributed by atoms with Crippen LogP contribution in [-0.2, 0) is 10.2 Å². The Morgan fingerprint density at radius 1 is 0.860 bits per heavy atom. The molecular weight excluding hydrogens is 540 g/mol. The van der Waals surface area contributed by atoms with Crippen molar-refractivity contribution in [3.8, 4) is 11.5 Å². The highest BCUT2D eigenvalue weighted by molar-refractivity contribution is 6.17. The maximum Gasteiger partial charge on any atom is 0.238 e. The maximum absolute atomic E-state index is 14.9. The van der Waals surface area contributed by atoms with E-state index in [1.807, 2.05) is 84.8 Å². The minimum atomic E-state index is -1.39. The molecule has 1 saturated heterocycles. The van der Waals surface area contributed by atoms with E-state index in [-0.39, 0.29) is 17.5 Å². The summed E-state index contributed by atoms with van der Waals surface area (Å²) >= 11 is 0. The molecule has 0 unspecified atom stereocenters. The third-order valence-electron chi connectivity index (χ3n) is 9.13. The molecule has 1 fully saturated rings. The van der Waals surface area contributed by atoms with Gasteiger partial charge in [-0.3, -0.25) is 14.4 Å². The minimum absolute atomic E-state index is 0.266. The number of nitrogens with zero attached hydrogens (tertiary/aromatic N) is 1. The van der Waals surface area contributed by atoms with Gasteiger partial charge in [-0.2, -0.15) is 0 Å². The summed E-state index contributed by atoms with van der Waals surface area (Å²) in [4.78, 5) is 46.3. The van der Waals surface area contributed by atoms with Crippen molar-refractivity contribution < 1.29 is 23.9 Å². The number of carbonyl (C=O) groups is 3. The molecule has 7 heteroatoms. The van der Waals surface area contributed by atoms with Crippen molar-refractivity contribution in [1.29, 1.82) is 0 Å². The highest BCUT2D eigenvalue weighted by Crippen LogP contribution is 2.62. The number of nitrogens with one attached hydrogen (secondary N) is 1. The standard InChI is InChI=1S/C36H30N2O5/c1-21-12-14-23(15-13-21)32(39)30-31(33(40)26-17-16-24(42-2)20-29(26)43-3)38-19-18-22-8-4-5-9-25(22)34(38)36(30)27-10-6-7-11-28(27)37-35(36)41/h4-20,30-31,34H,1-3H3,(H,37,41)/t30-,31-,34+,36+/m0/s1. The van der Waals surface area contributed by atoms with Gasteiger partial charge < -0.3 is 19.7 Å². The summed E-state index contributed by atoms with van der Waals surface area (Å²) in [7, 11) is 3.04. The van der Waals surface area contributed by atoms with Gasteiger partial charge in [0.1, 0.15) is 23.0 Å². The van der Waals surface area contributed by atoms with E-state index in [4.69, 9.17) is 9.47 Å². The zero-order valence-corrected chi connectivity index (χ0v) is 24.0. The van der Waals surface area contributed by atoms with Crippen molar-refractivity contribution in [2.24, 2.45) is 5.92 Å². The monoisotopic (exact) mass is 570 g/mol. The van der Waals surface area contributed by atoms with Crippen LogP contribution in [0.4, 0.5) is 5.69 Å². The van der Waals surface area contributed by atoms with Gasteiger partial charge >= 0.3 is 0 Å². The van der Waals surface area contributed by atoms with Crippen molar-refractivity contribution >= 4 is 29.2 Å². The van der Waals surface area contributed by atoms with Crippen LogP contribution in [0.2, 0.25) is 0 Å². The third-order valence-corrected chi connectivity index (χ3v) is 9.13. The van der Waals surface area contributed by atoms with Gasteiger partial charge in [-0.05, 0) is 47.9 Å². The zero-order chi connectivity index (χ0) is 29.9. The molecular formula is C36H30N2O5. The van der Waals surface area contributed by atoms with E-state index < -0.39 is 23.4 Å². The van der Waals surface area contributed by atoms with E-state index in [2.05, 4.69) is 5.32 Å². The highest BCUT2D eigenvalue weighted by Gasteiger charge is 2.70. The molecule has 0 aromatic heterocycles. The minimum Gasteiger partial charge on any atom is -0.497 e. The number of anilines is 1. The summed E-state index contributed by atoms with van der Waals surface area (Å²) in [6.07, 6.45) is 3.81. The number of hydrogen-bond donors (Lipinski definition) is 1. The number of carbonyl (C=O) groups excluding carboxylic acids is 3. The van der Waals surface area contributed by atoms with E-state index in [0.717, 1.165) is 16.7 Å². The first-order valence-electron chi connectivity index (χ1n) is 14.2. The Bertz CT molecular complexity index is 1830. The van der Waals surface area contributed by atoms with Crippen molar-refractivity contribution in [2.45, 2.75) is 24.4 Å². The topological polar surface area (TPSA) is 84.9 Å². The molecule has 3 aliphatic heterocycles. The first-order valence-corrected chi connectivity index (χ1v) is 14.2. The first-order chi connectivity index (χ1) is 20.9. The number of aryl methyl sites for hydroxylation is 1. The van der Waals surface area contributed by atoms with Crippen molar-refractivity contribution in [2.75, 3.05) is 19.5 Å². The second-order valence-corrected chi connectivity index (χ2v) is 11.2. The fraction of sp³-hybridized carbons (Fsp3) is 0.194. The van der Waals surface area contributed by atoms with Gasteiger partial charge in [-0.25, -0.2) is 0 Å². The molecule has 3 heterocycles. The Hall–Kier alpha value is -5.17. The molecule has 0 aliphatic carbocycles.